The van der Waals surface area contributed by atoms with Gasteiger partial charge in [-0.1, -0.05) is 48.0 Å². The summed E-state index contributed by atoms with van der Waals surface area (Å²) in [5.74, 6) is -0.544. The molecule has 0 aliphatic rings. The fourth-order valence-corrected chi connectivity index (χ4v) is 3.32. The molecule has 26 heavy (non-hydrogen) atoms. The van der Waals surface area contributed by atoms with Gasteiger partial charge in [0.1, 0.15) is 6.04 Å². The zero-order chi connectivity index (χ0) is 18.4. The van der Waals surface area contributed by atoms with E-state index < -0.39 is 6.04 Å². The topological polar surface area (TPSA) is 58.2 Å². The zero-order valence-electron chi connectivity index (χ0n) is 13.8. The van der Waals surface area contributed by atoms with Crippen molar-refractivity contribution in [2.24, 2.45) is 0 Å². The van der Waals surface area contributed by atoms with Crippen LogP contribution in [-0.2, 0) is 11.3 Å². The first-order valence-corrected chi connectivity index (χ1v) is 9.31. The molecule has 0 saturated heterocycles. The quantitative estimate of drug-likeness (QED) is 0.669. The van der Waals surface area contributed by atoms with Crippen molar-refractivity contribution in [3.8, 4) is 0 Å². The SMILES string of the molecule is O=C(NC(C(=O)NCc1ccc(Cl)cc1)c1cccs1)c1ccccc1. The van der Waals surface area contributed by atoms with Crippen molar-refractivity contribution in [1.82, 2.24) is 10.6 Å². The third kappa shape index (κ3) is 4.71. The van der Waals surface area contributed by atoms with Crippen LogP contribution in [0.2, 0.25) is 5.02 Å². The minimum Gasteiger partial charge on any atom is -0.350 e. The van der Waals surface area contributed by atoms with Crippen LogP contribution in [-0.4, -0.2) is 11.8 Å². The van der Waals surface area contributed by atoms with Gasteiger partial charge in [-0.15, -0.1) is 11.3 Å². The molecule has 0 saturated carbocycles. The van der Waals surface area contributed by atoms with E-state index in [1.165, 1.54) is 11.3 Å². The molecule has 1 atom stereocenters. The van der Waals surface area contributed by atoms with Crippen LogP contribution >= 0.6 is 22.9 Å². The van der Waals surface area contributed by atoms with Crippen molar-refractivity contribution in [3.63, 3.8) is 0 Å². The third-order valence-corrected chi connectivity index (χ3v) is 4.97. The second-order valence-electron chi connectivity index (χ2n) is 5.63. The first-order chi connectivity index (χ1) is 12.6. The summed E-state index contributed by atoms with van der Waals surface area (Å²) >= 11 is 7.30. The highest BCUT2D eigenvalue weighted by atomic mass is 35.5. The summed E-state index contributed by atoms with van der Waals surface area (Å²) in [5.41, 5.74) is 1.45. The van der Waals surface area contributed by atoms with Gasteiger partial charge in [-0.2, -0.15) is 0 Å². The summed E-state index contributed by atoms with van der Waals surface area (Å²) in [6, 6.07) is 19.0. The molecule has 0 radical (unpaired) electrons. The van der Waals surface area contributed by atoms with Crippen LogP contribution in [0.5, 0.6) is 0 Å². The predicted molar refractivity (Wildman–Crippen MR) is 104 cm³/mol. The number of thiophene rings is 1. The van der Waals surface area contributed by atoms with Gasteiger partial charge in [-0.25, -0.2) is 0 Å². The standard InChI is InChI=1S/C20H17ClN2O2S/c21-16-10-8-14(9-11-16)13-22-20(25)18(17-7-4-12-26-17)23-19(24)15-5-2-1-3-6-15/h1-12,18H,13H2,(H,22,25)(H,23,24). The van der Waals surface area contributed by atoms with E-state index in [1.54, 1.807) is 36.4 Å². The lowest BCUT2D eigenvalue weighted by atomic mass is 10.1. The van der Waals surface area contributed by atoms with Gasteiger partial charge < -0.3 is 10.6 Å². The zero-order valence-corrected chi connectivity index (χ0v) is 15.4. The monoisotopic (exact) mass is 384 g/mol. The van der Waals surface area contributed by atoms with Crippen LogP contribution < -0.4 is 10.6 Å². The van der Waals surface area contributed by atoms with Crippen LogP contribution in [0.4, 0.5) is 0 Å². The molecule has 0 fully saturated rings. The van der Waals surface area contributed by atoms with Gasteiger partial charge in [0, 0.05) is 22.0 Å². The van der Waals surface area contributed by atoms with E-state index in [4.69, 9.17) is 11.6 Å². The maximum Gasteiger partial charge on any atom is 0.252 e. The van der Waals surface area contributed by atoms with Crippen molar-refractivity contribution < 1.29 is 9.59 Å². The molecule has 3 aromatic rings. The summed E-state index contributed by atoms with van der Waals surface area (Å²) in [7, 11) is 0. The highest BCUT2D eigenvalue weighted by molar-refractivity contribution is 7.10. The summed E-state index contributed by atoms with van der Waals surface area (Å²) in [5, 5.41) is 8.22. The van der Waals surface area contributed by atoms with Crippen LogP contribution in [0, 0.1) is 0 Å². The van der Waals surface area contributed by atoms with Gasteiger partial charge in [0.05, 0.1) is 0 Å². The lowest BCUT2D eigenvalue weighted by Gasteiger charge is -2.17. The Kier molecular flexibility index (Phi) is 6.04. The Hall–Kier alpha value is -2.63. The van der Waals surface area contributed by atoms with Crippen LogP contribution in [0.1, 0.15) is 26.8 Å². The lowest BCUT2D eigenvalue weighted by molar-refractivity contribution is -0.123. The number of amides is 2. The molecule has 0 aliphatic heterocycles. The Labute approximate surface area is 160 Å². The minimum absolute atomic E-state index is 0.258. The average molecular weight is 385 g/mol. The molecule has 0 aliphatic carbocycles. The molecule has 1 aromatic heterocycles. The van der Waals surface area contributed by atoms with Crippen molar-refractivity contribution in [2.45, 2.75) is 12.6 Å². The second kappa shape index (κ2) is 8.65. The Morgan fingerprint density at radius 1 is 0.962 bits per heavy atom. The smallest absolute Gasteiger partial charge is 0.252 e. The number of benzene rings is 2. The van der Waals surface area contributed by atoms with Crippen molar-refractivity contribution in [3.05, 3.63) is 93.1 Å². The highest BCUT2D eigenvalue weighted by Gasteiger charge is 2.24. The Balaban J connectivity index is 1.70. The second-order valence-corrected chi connectivity index (χ2v) is 7.05. The summed E-state index contributed by atoms with van der Waals surface area (Å²) in [6.07, 6.45) is 0. The van der Waals surface area contributed by atoms with E-state index in [2.05, 4.69) is 10.6 Å². The lowest BCUT2D eigenvalue weighted by Crippen LogP contribution is -2.39. The van der Waals surface area contributed by atoms with Gasteiger partial charge in [0.15, 0.2) is 0 Å². The van der Waals surface area contributed by atoms with E-state index in [-0.39, 0.29) is 11.8 Å². The van der Waals surface area contributed by atoms with Gasteiger partial charge in [-0.05, 0) is 41.3 Å². The number of hydrogen-bond donors (Lipinski definition) is 2. The largest absolute Gasteiger partial charge is 0.350 e. The molecule has 1 heterocycles. The predicted octanol–water partition coefficient (Wildman–Crippen LogP) is 4.19. The fourth-order valence-electron chi connectivity index (χ4n) is 2.42. The normalized spacial score (nSPS) is 11.6. The van der Waals surface area contributed by atoms with Crippen LogP contribution in [0.3, 0.4) is 0 Å². The number of hydrogen-bond acceptors (Lipinski definition) is 3. The minimum atomic E-state index is -0.741. The number of halogens is 1. The summed E-state index contributed by atoms with van der Waals surface area (Å²) in [4.78, 5) is 25.9. The van der Waals surface area contributed by atoms with E-state index in [9.17, 15) is 9.59 Å². The number of rotatable bonds is 6. The number of nitrogens with one attached hydrogen (secondary N) is 2. The molecule has 0 spiro atoms. The third-order valence-electron chi connectivity index (χ3n) is 3.78. The van der Waals surface area contributed by atoms with Crippen molar-refractivity contribution >= 4 is 34.8 Å². The highest BCUT2D eigenvalue weighted by Crippen LogP contribution is 2.20. The molecule has 4 nitrogen and oxygen atoms in total. The molecule has 0 bridgehead atoms. The molecule has 6 heteroatoms. The molecule has 2 aromatic carbocycles. The summed E-state index contributed by atoms with van der Waals surface area (Å²) in [6.45, 7) is 0.360. The van der Waals surface area contributed by atoms with Gasteiger partial charge in [0.2, 0.25) is 5.91 Å². The average Bonchev–Trinajstić information content (AvgIpc) is 3.20. The Morgan fingerprint density at radius 2 is 1.69 bits per heavy atom. The molecule has 132 valence electrons. The van der Waals surface area contributed by atoms with E-state index in [1.807, 2.05) is 35.7 Å². The fraction of sp³-hybridized carbons (Fsp3) is 0.100. The van der Waals surface area contributed by atoms with Crippen molar-refractivity contribution in [1.29, 1.82) is 0 Å². The van der Waals surface area contributed by atoms with E-state index in [0.29, 0.717) is 17.1 Å². The maximum absolute atomic E-state index is 12.7. The first kappa shape index (κ1) is 18.2. The molecule has 2 N–H and O–H groups in total. The number of carbonyl (C=O) groups is 2. The Morgan fingerprint density at radius 3 is 2.35 bits per heavy atom. The van der Waals surface area contributed by atoms with Gasteiger partial charge in [-0.3, -0.25) is 9.59 Å². The Bertz CT molecular complexity index is 865. The first-order valence-electron chi connectivity index (χ1n) is 8.05. The molecule has 2 amide bonds. The molecular formula is C20H17ClN2O2S. The summed E-state index contributed by atoms with van der Waals surface area (Å²) < 4.78 is 0. The number of carbonyl (C=O) groups excluding carboxylic acids is 2. The van der Waals surface area contributed by atoms with Crippen LogP contribution in [0.15, 0.2) is 72.1 Å². The van der Waals surface area contributed by atoms with Gasteiger partial charge >= 0.3 is 0 Å². The maximum atomic E-state index is 12.7. The van der Waals surface area contributed by atoms with E-state index >= 15 is 0 Å². The molecule has 3 rings (SSSR count). The van der Waals surface area contributed by atoms with Crippen molar-refractivity contribution in [2.75, 3.05) is 0 Å². The molecule has 1 unspecified atom stereocenters. The molecular weight excluding hydrogens is 368 g/mol. The van der Waals surface area contributed by atoms with Crippen LogP contribution in [0.25, 0.3) is 0 Å². The van der Waals surface area contributed by atoms with Gasteiger partial charge in [0.25, 0.3) is 5.91 Å². The van der Waals surface area contributed by atoms with E-state index in [0.717, 1.165) is 10.4 Å².